The summed E-state index contributed by atoms with van der Waals surface area (Å²) in [6.45, 7) is 1.93. The monoisotopic (exact) mass is 272 g/mol. The van der Waals surface area contributed by atoms with E-state index in [1.165, 1.54) is 4.31 Å². The summed E-state index contributed by atoms with van der Waals surface area (Å²) in [5.74, 6) is 0.290. The summed E-state index contributed by atoms with van der Waals surface area (Å²) in [5.41, 5.74) is 6.29. The van der Waals surface area contributed by atoms with Crippen LogP contribution < -0.4 is 10.5 Å². The van der Waals surface area contributed by atoms with Crippen molar-refractivity contribution in [3.05, 3.63) is 23.9 Å². The Morgan fingerprint density at radius 2 is 2.11 bits per heavy atom. The summed E-state index contributed by atoms with van der Waals surface area (Å²) in [5, 5.41) is 0. The lowest BCUT2D eigenvalue weighted by Gasteiger charge is -2.26. The normalized spacial score (nSPS) is 17.6. The molecule has 0 saturated carbocycles. The van der Waals surface area contributed by atoms with Gasteiger partial charge in [0.1, 0.15) is 5.82 Å². The van der Waals surface area contributed by atoms with E-state index >= 15 is 0 Å². The Balaban J connectivity index is 2.06. The van der Waals surface area contributed by atoms with E-state index in [1.807, 2.05) is 0 Å². The van der Waals surface area contributed by atoms with E-state index in [1.54, 1.807) is 18.3 Å². The molecule has 1 saturated heterocycles. The van der Waals surface area contributed by atoms with Gasteiger partial charge in [0.25, 0.3) is 0 Å². The molecule has 1 aromatic rings. The SMILES string of the molecule is NCc1ccc(NS(=O)(=O)N2CCOCC2)nc1. The first-order valence-electron chi connectivity index (χ1n) is 5.62. The smallest absolute Gasteiger partial charge is 0.302 e. The number of nitrogens with two attached hydrogens (primary N) is 1. The fourth-order valence-corrected chi connectivity index (χ4v) is 2.73. The number of nitrogens with one attached hydrogen (secondary N) is 1. The van der Waals surface area contributed by atoms with E-state index in [2.05, 4.69) is 9.71 Å². The molecule has 18 heavy (non-hydrogen) atoms. The molecule has 7 nitrogen and oxygen atoms in total. The molecule has 0 unspecified atom stereocenters. The van der Waals surface area contributed by atoms with E-state index in [0.717, 1.165) is 5.56 Å². The highest BCUT2D eigenvalue weighted by Crippen LogP contribution is 2.11. The molecule has 0 aromatic carbocycles. The molecule has 1 aliphatic rings. The highest BCUT2D eigenvalue weighted by molar-refractivity contribution is 7.90. The van der Waals surface area contributed by atoms with Gasteiger partial charge in [-0.3, -0.25) is 4.72 Å². The zero-order chi connectivity index (χ0) is 13.0. The van der Waals surface area contributed by atoms with Gasteiger partial charge in [0.15, 0.2) is 0 Å². The van der Waals surface area contributed by atoms with Crippen molar-refractivity contribution in [2.45, 2.75) is 6.54 Å². The molecule has 0 spiro atoms. The molecule has 0 atom stereocenters. The number of rotatable bonds is 4. The first-order chi connectivity index (χ1) is 8.62. The minimum Gasteiger partial charge on any atom is -0.379 e. The molecule has 1 aliphatic heterocycles. The number of pyridine rings is 1. The Labute approximate surface area is 106 Å². The lowest BCUT2D eigenvalue weighted by Crippen LogP contribution is -2.43. The number of nitrogens with zero attached hydrogens (tertiary/aromatic N) is 2. The van der Waals surface area contributed by atoms with E-state index in [0.29, 0.717) is 38.7 Å². The standard InChI is InChI=1S/C10H16N4O3S/c11-7-9-1-2-10(12-8-9)13-18(15,16)14-3-5-17-6-4-14/h1-2,8H,3-7,11H2,(H,12,13). The van der Waals surface area contributed by atoms with Crippen molar-refractivity contribution in [2.24, 2.45) is 5.73 Å². The minimum absolute atomic E-state index is 0.290. The van der Waals surface area contributed by atoms with Crippen LogP contribution in [0.25, 0.3) is 0 Å². The highest BCUT2D eigenvalue weighted by atomic mass is 32.2. The first kappa shape index (κ1) is 13.2. The highest BCUT2D eigenvalue weighted by Gasteiger charge is 2.24. The van der Waals surface area contributed by atoms with E-state index in [4.69, 9.17) is 10.5 Å². The van der Waals surface area contributed by atoms with E-state index < -0.39 is 10.2 Å². The third-order valence-corrected chi connectivity index (χ3v) is 4.12. The molecule has 8 heteroatoms. The Kier molecular flexibility index (Phi) is 4.12. The number of ether oxygens (including phenoxy) is 1. The molecule has 100 valence electrons. The van der Waals surface area contributed by atoms with Gasteiger partial charge in [-0.05, 0) is 11.6 Å². The van der Waals surface area contributed by atoms with Crippen LogP contribution in [0, 0.1) is 0 Å². The Bertz CT molecular complexity index is 482. The summed E-state index contributed by atoms with van der Waals surface area (Å²) in [6.07, 6.45) is 1.55. The van der Waals surface area contributed by atoms with Crippen LogP contribution in [0.2, 0.25) is 0 Å². The zero-order valence-electron chi connectivity index (χ0n) is 9.87. The summed E-state index contributed by atoms with van der Waals surface area (Å²) < 4.78 is 32.9. The van der Waals surface area contributed by atoms with E-state index in [-0.39, 0.29) is 0 Å². The second kappa shape index (κ2) is 5.61. The Hall–Kier alpha value is -1.22. The predicted octanol–water partition coefficient (Wildman–Crippen LogP) is -0.471. The van der Waals surface area contributed by atoms with Crippen molar-refractivity contribution in [3.63, 3.8) is 0 Å². The maximum atomic E-state index is 12.0. The van der Waals surface area contributed by atoms with Gasteiger partial charge in [0, 0.05) is 25.8 Å². The van der Waals surface area contributed by atoms with Crippen LogP contribution in [-0.4, -0.2) is 44.0 Å². The van der Waals surface area contributed by atoms with Crippen LogP contribution in [0.15, 0.2) is 18.3 Å². The summed E-state index contributed by atoms with van der Waals surface area (Å²) in [4.78, 5) is 4.00. The second-order valence-electron chi connectivity index (χ2n) is 3.87. The van der Waals surface area contributed by atoms with Crippen molar-refractivity contribution in [1.29, 1.82) is 0 Å². The summed E-state index contributed by atoms with van der Waals surface area (Å²) in [7, 11) is -3.55. The zero-order valence-corrected chi connectivity index (χ0v) is 10.7. The maximum absolute atomic E-state index is 12.0. The van der Waals surface area contributed by atoms with Crippen LogP contribution in [-0.2, 0) is 21.5 Å². The van der Waals surface area contributed by atoms with Crippen molar-refractivity contribution in [2.75, 3.05) is 31.0 Å². The average molecular weight is 272 g/mol. The maximum Gasteiger partial charge on any atom is 0.302 e. The number of aromatic nitrogens is 1. The number of anilines is 1. The van der Waals surface area contributed by atoms with Crippen LogP contribution >= 0.6 is 0 Å². The molecule has 1 fully saturated rings. The molecule has 0 radical (unpaired) electrons. The Morgan fingerprint density at radius 3 is 2.67 bits per heavy atom. The number of hydrogen-bond donors (Lipinski definition) is 2. The van der Waals surface area contributed by atoms with Crippen LogP contribution in [0.5, 0.6) is 0 Å². The first-order valence-corrected chi connectivity index (χ1v) is 7.06. The average Bonchev–Trinajstić information content (AvgIpc) is 2.40. The molecular weight excluding hydrogens is 256 g/mol. The van der Waals surface area contributed by atoms with Crippen molar-refractivity contribution in [3.8, 4) is 0 Å². The molecule has 2 heterocycles. The van der Waals surface area contributed by atoms with Gasteiger partial charge in [-0.1, -0.05) is 6.07 Å². The van der Waals surface area contributed by atoms with Gasteiger partial charge in [0.05, 0.1) is 13.2 Å². The van der Waals surface area contributed by atoms with Crippen LogP contribution in [0.3, 0.4) is 0 Å². The summed E-state index contributed by atoms with van der Waals surface area (Å²) in [6, 6.07) is 3.34. The largest absolute Gasteiger partial charge is 0.379 e. The molecule has 0 amide bonds. The molecule has 2 rings (SSSR count). The topological polar surface area (TPSA) is 97.5 Å². The van der Waals surface area contributed by atoms with Crippen molar-refractivity contribution < 1.29 is 13.2 Å². The van der Waals surface area contributed by atoms with Crippen LogP contribution in [0.4, 0.5) is 5.82 Å². The predicted molar refractivity (Wildman–Crippen MR) is 67.1 cm³/mol. The lowest BCUT2D eigenvalue weighted by atomic mass is 10.3. The third kappa shape index (κ3) is 3.16. The fourth-order valence-electron chi connectivity index (χ4n) is 1.59. The van der Waals surface area contributed by atoms with Gasteiger partial charge in [-0.2, -0.15) is 12.7 Å². The quantitative estimate of drug-likeness (QED) is 0.772. The Morgan fingerprint density at radius 1 is 1.39 bits per heavy atom. The third-order valence-electron chi connectivity index (χ3n) is 2.60. The summed E-state index contributed by atoms with van der Waals surface area (Å²) >= 11 is 0. The minimum atomic E-state index is -3.55. The van der Waals surface area contributed by atoms with Gasteiger partial charge < -0.3 is 10.5 Å². The van der Waals surface area contributed by atoms with Gasteiger partial charge in [-0.15, -0.1) is 0 Å². The number of hydrogen-bond acceptors (Lipinski definition) is 5. The lowest BCUT2D eigenvalue weighted by molar-refractivity contribution is 0.0733. The van der Waals surface area contributed by atoms with Gasteiger partial charge >= 0.3 is 10.2 Å². The van der Waals surface area contributed by atoms with Gasteiger partial charge in [-0.25, -0.2) is 4.98 Å². The fraction of sp³-hybridized carbons (Fsp3) is 0.500. The molecule has 1 aromatic heterocycles. The van der Waals surface area contributed by atoms with Crippen molar-refractivity contribution >= 4 is 16.0 Å². The number of morpholine rings is 1. The molecule has 0 aliphatic carbocycles. The second-order valence-corrected chi connectivity index (χ2v) is 5.54. The molecule has 0 bridgehead atoms. The van der Waals surface area contributed by atoms with Crippen molar-refractivity contribution in [1.82, 2.24) is 9.29 Å². The molecular formula is C10H16N4O3S. The van der Waals surface area contributed by atoms with E-state index in [9.17, 15) is 8.42 Å². The molecule has 3 N–H and O–H groups in total. The van der Waals surface area contributed by atoms with Crippen LogP contribution in [0.1, 0.15) is 5.56 Å². The van der Waals surface area contributed by atoms with Gasteiger partial charge in [0.2, 0.25) is 0 Å².